The zero-order chi connectivity index (χ0) is 17.4. The first kappa shape index (κ1) is 18.4. The lowest BCUT2D eigenvalue weighted by atomic mass is 10.1. The van der Waals surface area contributed by atoms with Crippen molar-refractivity contribution in [3.8, 4) is 11.5 Å². The van der Waals surface area contributed by atoms with Gasteiger partial charge in [-0.1, -0.05) is 0 Å². The van der Waals surface area contributed by atoms with Crippen LogP contribution in [-0.4, -0.2) is 57.9 Å². The summed E-state index contributed by atoms with van der Waals surface area (Å²) in [6.45, 7) is 5.42. The molecule has 1 heterocycles. The fourth-order valence-corrected chi connectivity index (χ4v) is 2.97. The number of methoxy groups -OCH3 is 2. The van der Waals surface area contributed by atoms with Crippen LogP contribution in [0.15, 0.2) is 23.2 Å². The lowest BCUT2D eigenvalue weighted by Gasteiger charge is -2.34. The molecular formula is C18H29N3O3. The second-order valence-corrected chi connectivity index (χ2v) is 5.72. The largest absolute Gasteiger partial charge is 0.497 e. The van der Waals surface area contributed by atoms with Crippen molar-refractivity contribution in [1.29, 1.82) is 0 Å². The molecule has 0 saturated carbocycles. The highest BCUT2D eigenvalue weighted by Crippen LogP contribution is 2.24. The van der Waals surface area contributed by atoms with Gasteiger partial charge in [0.25, 0.3) is 0 Å². The topological polar surface area (TPSA) is 55.3 Å². The van der Waals surface area contributed by atoms with Crippen molar-refractivity contribution in [2.24, 2.45) is 4.99 Å². The summed E-state index contributed by atoms with van der Waals surface area (Å²) in [5.74, 6) is 2.52. The third kappa shape index (κ3) is 4.77. The monoisotopic (exact) mass is 335 g/mol. The molecule has 1 aliphatic rings. The molecule has 1 aromatic carbocycles. The molecule has 0 unspecified atom stereocenters. The van der Waals surface area contributed by atoms with Crippen LogP contribution in [-0.2, 0) is 11.3 Å². The first-order valence-corrected chi connectivity index (χ1v) is 8.49. The fourth-order valence-electron chi connectivity index (χ4n) is 2.97. The number of hydrogen-bond donors (Lipinski definition) is 1. The molecule has 0 aromatic heterocycles. The van der Waals surface area contributed by atoms with Crippen molar-refractivity contribution < 1.29 is 14.2 Å². The van der Waals surface area contributed by atoms with Gasteiger partial charge in [-0.3, -0.25) is 4.99 Å². The Labute approximate surface area is 144 Å². The summed E-state index contributed by atoms with van der Waals surface area (Å²) in [5, 5.41) is 3.43. The van der Waals surface area contributed by atoms with E-state index in [4.69, 9.17) is 14.2 Å². The van der Waals surface area contributed by atoms with E-state index in [2.05, 4.69) is 22.1 Å². The smallest absolute Gasteiger partial charge is 0.193 e. The first-order chi connectivity index (χ1) is 11.7. The molecule has 1 aromatic rings. The number of rotatable bonds is 6. The molecule has 2 rings (SSSR count). The summed E-state index contributed by atoms with van der Waals surface area (Å²) >= 11 is 0. The molecule has 6 heteroatoms. The third-order valence-corrected chi connectivity index (χ3v) is 4.29. The predicted octanol–water partition coefficient (Wildman–Crippen LogP) is 2.28. The lowest BCUT2D eigenvalue weighted by Crippen LogP contribution is -2.46. The standard InChI is InChI=1S/C18H29N3O3/c1-5-24-15-8-10-21(11-9-15)18(19-2)20-13-14-6-7-16(22-3)12-17(14)23-4/h6-7,12,15H,5,8-11,13H2,1-4H3,(H,19,20). The summed E-state index contributed by atoms with van der Waals surface area (Å²) in [6, 6.07) is 5.85. The van der Waals surface area contributed by atoms with Crippen LogP contribution in [0.1, 0.15) is 25.3 Å². The van der Waals surface area contributed by atoms with Gasteiger partial charge in [-0.15, -0.1) is 0 Å². The number of ether oxygens (including phenoxy) is 3. The molecular weight excluding hydrogens is 306 g/mol. The Kier molecular flexibility index (Phi) is 7.18. The van der Waals surface area contributed by atoms with Gasteiger partial charge in [0.15, 0.2) is 5.96 Å². The summed E-state index contributed by atoms with van der Waals surface area (Å²) in [4.78, 5) is 6.70. The lowest BCUT2D eigenvalue weighted by molar-refractivity contribution is 0.0263. The molecule has 1 fully saturated rings. The predicted molar refractivity (Wildman–Crippen MR) is 96.0 cm³/mol. The number of nitrogens with zero attached hydrogens (tertiary/aromatic N) is 2. The van der Waals surface area contributed by atoms with E-state index in [1.165, 1.54) is 0 Å². The number of likely N-dealkylation sites (tertiary alicyclic amines) is 1. The molecule has 1 N–H and O–H groups in total. The normalized spacial score (nSPS) is 16.2. The summed E-state index contributed by atoms with van der Waals surface area (Å²) in [5.41, 5.74) is 1.07. The van der Waals surface area contributed by atoms with Crippen molar-refractivity contribution in [3.05, 3.63) is 23.8 Å². The van der Waals surface area contributed by atoms with Crippen LogP contribution in [0.25, 0.3) is 0 Å². The van der Waals surface area contributed by atoms with Crippen molar-refractivity contribution in [3.63, 3.8) is 0 Å². The second-order valence-electron chi connectivity index (χ2n) is 5.72. The van der Waals surface area contributed by atoms with Crippen LogP contribution in [0.3, 0.4) is 0 Å². The number of piperidine rings is 1. The van der Waals surface area contributed by atoms with Crippen LogP contribution < -0.4 is 14.8 Å². The van der Waals surface area contributed by atoms with Crippen molar-refractivity contribution in [1.82, 2.24) is 10.2 Å². The Morgan fingerprint density at radius 1 is 1.25 bits per heavy atom. The maximum Gasteiger partial charge on any atom is 0.193 e. The van der Waals surface area contributed by atoms with Gasteiger partial charge < -0.3 is 24.4 Å². The van der Waals surface area contributed by atoms with E-state index in [1.807, 2.05) is 25.2 Å². The van der Waals surface area contributed by atoms with Gasteiger partial charge in [0.05, 0.1) is 20.3 Å². The Balaban J connectivity index is 1.93. The minimum absolute atomic E-state index is 0.381. The molecule has 1 aliphatic heterocycles. The Hall–Kier alpha value is -1.95. The van der Waals surface area contributed by atoms with Crippen molar-refractivity contribution in [2.75, 3.05) is 41.0 Å². The molecule has 24 heavy (non-hydrogen) atoms. The highest BCUT2D eigenvalue weighted by molar-refractivity contribution is 5.80. The summed E-state index contributed by atoms with van der Waals surface area (Å²) < 4.78 is 16.4. The zero-order valence-electron chi connectivity index (χ0n) is 15.2. The SMILES string of the molecule is CCOC1CCN(C(=NC)NCc2ccc(OC)cc2OC)CC1. The molecule has 0 aliphatic carbocycles. The van der Waals surface area contributed by atoms with Crippen LogP contribution >= 0.6 is 0 Å². The Morgan fingerprint density at radius 3 is 2.58 bits per heavy atom. The average molecular weight is 335 g/mol. The van der Waals surface area contributed by atoms with Gasteiger partial charge in [0, 0.05) is 44.9 Å². The number of hydrogen-bond acceptors (Lipinski definition) is 4. The van der Waals surface area contributed by atoms with E-state index >= 15 is 0 Å². The third-order valence-electron chi connectivity index (χ3n) is 4.29. The van der Waals surface area contributed by atoms with Gasteiger partial charge >= 0.3 is 0 Å². The molecule has 0 atom stereocenters. The second kappa shape index (κ2) is 9.37. The van der Waals surface area contributed by atoms with Gasteiger partial charge in [0.2, 0.25) is 0 Å². The van der Waals surface area contributed by atoms with Gasteiger partial charge in [-0.05, 0) is 31.9 Å². The fraction of sp³-hybridized carbons (Fsp3) is 0.611. The summed E-state index contributed by atoms with van der Waals surface area (Å²) in [6.07, 6.45) is 2.46. The zero-order valence-corrected chi connectivity index (χ0v) is 15.2. The van der Waals surface area contributed by atoms with E-state index in [9.17, 15) is 0 Å². The molecule has 0 bridgehead atoms. The van der Waals surface area contributed by atoms with Gasteiger partial charge in [-0.2, -0.15) is 0 Å². The minimum Gasteiger partial charge on any atom is -0.497 e. The first-order valence-electron chi connectivity index (χ1n) is 8.49. The van der Waals surface area contributed by atoms with Gasteiger partial charge in [0.1, 0.15) is 11.5 Å². The van der Waals surface area contributed by atoms with Crippen LogP contribution in [0.2, 0.25) is 0 Å². The molecule has 1 saturated heterocycles. The number of nitrogens with one attached hydrogen (secondary N) is 1. The van der Waals surface area contributed by atoms with E-state index in [-0.39, 0.29) is 0 Å². The van der Waals surface area contributed by atoms with E-state index < -0.39 is 0 Å². The highest BCUT2D eigenvalue weighted by Gasteiger charge is 2.21. The number of aliphatic imine (C=N–C) groups is 1. The average Bonchev–Trinajstić information content (AvgIpc) is 2.63. The van der Waals surface area contributed by atoms with E-state index in [0.29, 0.717) is 12.6 Å². The number of guanidine groups is 1. The molecule has 134 valence electrons. The van der Waals surface area contributed by atoms with Crippen molar-refractivity contribution in [2.45, 2.75) is 32.4 Å². The molecule has 6 nitrogen and oxygen atoms in total. The van der Waals surface area contributed by atoms with E-state index in [1.54, 1.807) is 14.2 Å². The van der Waals surface area contributed by atoms with E-state index in [0.717, 1.165) is 55.6 Å². The maximum absolute atomic E-state index is 5.71. The maximum atomic E-state index is 5.71. The minimum atomic E-state index is 0.381. The molecule has 0 spiro atoms. The highest BCUT2D eigenvalue weighted by atomic mass is 16.5. The molecule has 0 radical (unpaired) electrons. The van der Waals surface area contributed by atoms with Crippen LogP contribution in [0.5, 0.6) is 11.5 Å². The quantitative estimate of drug-likeness (QED) is 0.638. The molecule has 0 amide bonds. The van der Waals surface area contributed by atoms with Crippen LogP contribution in [0, 0.1) is 0 Å². The summed E-state index contributed by atoms with van der Waals surface area (Å²) in [7, 11) is 5.15. The number of benzene rings is 1. The Bertz CT molecular complexity index is 540. The van der Waals surface area contributed by atoms with Gasteiger partial charge in [-0.25, -0.2) is 0 Å². The van der Waals surface area contributed by atoms with Crippen LogP contribution in [0.4, 0.5) is 0 Å². The Morgan fingerprint density at radius 2 is 2.00 bits per heavy atom. The van der Waals surface area contributed by atoms with Crippen molar-refractivity contribution >= 4 is 5.96 Å².